The maximum absolute atomic E-state index is 10.4. The van der Waals surface area contributed by atoms with Gasteiger partial charge < -0.3 is 14.6 Å². The van der Waals surface area contributed by atoms with Gasteiger partial charge in [-0.25, -0.2) is 0 Å². The van der Waals surface area contributed by atoms with E-state index in [1.165, 1.54) is 0 Å². The van der Waals surface area contributed by atoms with E-state index in [-0.39, 0.29) is 0 Å². The molecule has 1 heterocycles. The lowest BCUT2D eigenvalue weighted by molar-refractivity contribution is 0.218. The summed E-state index contributed by atoms with van der Waals surface area (Å²) in [4.78, 5) is 4.09. The predicted molar refractivity (Wildman–Crippen MR) is 77.2 cm³/mol. The van der Waals surface area contributed by atoms with Crippen molar-refractivity contribution in [3.8, 4) is 11.5 Å². The molecule has 4 heteroatoms. The van der Waals surface area contributed by atoms with E-state index >= 15 is 0 Å². The second-order valence-electron chi connectivity index (χ2n) is 4.52. The smallest absolute Gasteiger partial charge is 0.137 e. The van der Waals surface area contributed by atoms with Gasteiger partial charge in [0.05, 0.1) is 19.9 Å². The number of aliphatic hydroxyl groups excluding tert-OH is 1. The molecule has 2 rings (SSSR count). The summed E-state index contributed by atoms with van der Waals surface area (Å²) >= 11 is 0. The lowest BCUT2D eigenvalue weighted by Gasteiger charge is -2.14. The highest BCUT2D eigenvalue weighted by atomic mass is 16.5. The van der Waals surface area contributed by atoms with Crippen molar-refractivity contribution in [2.24, 2.45) is 0 Å². The van der Waals surface area contributed by atoms with Gasteiger partial charge in [-0.1, -0.05) is 12.1 Å². The van der Waals surface area contributed by atoms with Gasteiger partial charge in [-0.05, 0) is 37.1 Å². The topological polar surface area (TPSA) is 51.6 Å². The molecule has 1 atom stereocenters. The Morgan fingerprint density at radius 2 is 2.00 bits per heavy atom. The van der Waals surface area contributed by atoms with Crippen LogP contribution in [0.2, 0.25) is 0 Å². The molecule has 4 nitrogen and oxygen atoms in total. The Morgan fingerprint density at radius 1 is 1.20 bits per heavy atom. The number of pyridine rings is 1. The molecule has 1 aromatic carbocycles. The first-order valence-electron chi connectivity index (χ1n) is 6.56. The second-order valence-corrected chi connectivity index (χ2v) is 4.52. The molecule has 0 spiro atoms. The van der Waals surface area contributed by atoms with E-state index in [2.05, 4.69) is 4.98 Å². The maximum Gasteiger partial charge on any atom is 0.137 e. The quantitative estimate of drug-likeness (QED) is 0.910. The number of aromatic nitrogens is 1. The van der Waals surface area contributed by atoms with Crippen molar-refractivity contribution in [3.05, 3.63) is 53.3 Å². The number of benzene rings is 1. The highest BCUT2D eigenvalue weighted by molar-refractivity contribution is 5.40. The van der Waals surface area contributed by atoms with Crippen LogP contribution in [-0.4, -0.2) is 23.8 Å². The van der Waals surface area contributed by atoms with Gasteiger partial charge in [0, 0.05) is 11.8 Å². The Morgan fingerprint density at radius 3 is 2.70 bits per heavy atom. The molecule has 0 fully saturated rings. The fourth-order valence-corrected chi connectivity index (χ4v) is 2.03. The van der Waals surface area contributed by atoms with Crippen LogP contribution in [0.4, 0.5) is 0 Å². The molecule has 0 aliphatic rings. The van der Waals surface area contributed by atoms with Crippen molar-refractivity contribution in [1.29, 1.82) is 0 Å². The fourth-order valence-electron chi connectivity index (χ4n) is 2.03. The third-order valence-corrected chi connectivity index (χ3v) is 3.11. The van der Waals surface area contributed by atoms with Gasteiger partial charge in [0.2, 0.25) is 0 Å². The summed E-state index contributed by atoms with van der Waals surface area (Å²) < 4.78 is 10.7. The van der Waals surface area contributed by atoms with Crippen LogP contribution in [0.25, 0.3) is 0 Å². The van der Waals surface area contributed by atoms with Crippen molar-refractivity contribution in [1.82, 2.24) is 4.98 Å². The van der Waals surface area contributed by atoms with E-state index in [0.29, 0.717) is 17.9 Å². The molecule has 0 aliphatic heterocycles. The van der Waals surface area contributed by atoms with E-state index in [0.717, 1.165) is 16.9 Å². The highest BCUT2D eigenvalue weighted by Gasteiger charge is 2.13. The number of aliphatic hydroxyl groups is 1. The molecule has 0 saturated heterocycles. The summed E-state index contributed by atoms with van der Waals surface area (Å²) in [6, 6.07) is 7.45. The van der Waals surface area contributed by atoms with E-state index in [9.17, 15) is 5.11 Å². The Bertz CT molecular complexity index is 584. The first kappa shape index (κ1) is 14.3. The number of methoxy groups -OCH3 is 1. The summed E-state index contributed by atoms with van der Waals surface area (Å²) in [6.07, 6.45) is 2.52. The van der Waals surface area contributed by atoms with Gasteiger partial charge in [-0.2, -0.15) is 0 Å². The van der Waals surface area contributed by atoms with Crippen molar-refractivity contribution >= 4 is 0 Å². The van der Waals surface area contributed by atoms with Crippen LogP contribution in [0.15, 0.2) is 36.7 Å². The Kier molecular flexibility index (Phi) is 4.58. The summed E-state index contributed by atoms with van der Waals surface area (Å²) in [5.41, 5.74) is 2.49. The van der Waals surface area contributed by atoms with Crippen LogP contribution >= 0.6 is 0 Å². The zero-order valence-electron chi connectivity index (χ0n) is 12.0. The molecule has 0 aliphatic carbocycles. The van der Waals surface area contributed by atoms with Gasteiger partial charge in [-0.15, -0.1) is 0 Å². The third-order valence-electron chi connectivity index (χ3n) is 3.11. The summed E-state index contributed by atoms with van der Waals surface area (Å²) in [5.74, 6) is 1.42. The molecule has 0 radical (unpaired) electrons. The zero-order chi connectivity index (χ0) is 14.5. The lowest BCUT2D eigenvalue weighted by Crippen LogP contribution is -2.02. The van der Waals surface area contributed by atoms with Gasteiger partial charge in [0.25, 0.3) is 0 Å². The van der Waals surface area contributed by atoms with Gasteiger partial charge in [0.1, 0.15) is 17.6 Å². The minimum Gasteiger partial charge on any atom is -0.496 e. The lowest BCUT2D eigenvalue weighted by atomic mass is 10.0. The van der Waals surface area contributed by atoms with Gasteiger partial charge in [0.15, 0.2) is 0 Å². The molecular weight excluding hydrogens is 254 g/mol. The number of hydrogen-bond donors (Lipinski definition) is 1. The van der Waals surface area contributed by atoms with Crippen molar-refractivity contribution in [2.45, 2.75) is 20.0 Å². The number of aryl methyl sites for hydroxylation is 1. The normalized spacial score (nSPS) is 12.0. The number of rotatable bonds is 5. The molecular formula is C16H19NO3. The third kappa shape index (κ3) is 3.08. The van der Waals surface area contributed by atoms with Crippen molar-refractivity contribution in [2.75, 3.05) is 13.7 Å². The molecule has 0 amide bonds. The largest absolute Gasteiger partial charge is 0.496 e. The molecule has 0 bridgehead atoms. The molecule has 1 aromatic heterocycles. The molecule has 106 valence electrons. The predicted octanol–water partition coefficient (Wildman–Crippen LogP) is 2.88. The number of nitrogens with zero attached hydrogens (tertiary/aromatic N) is 1. The first-order valence-corrected chi connectivity index (χ1v) is 6.56. The van der Waals surface area contributed by atoms with E-state index in [1.807, 2.05) is 32.0 Å². The molecule has 20 heavy (non-hydrogen) atoms. The first-order chi connectivity index (χ1) is 9.65. The molecule has 0 saturated carbocycles. The Labute approximate surface area is 119 Å². The fraction of sp³-hybridized carbons (Fsp3) is 0.312. The summed E-state index contributed by atoms with van der Waals surface area (Å²) in [7, 11) is 1.62. The highest BCUT2D eigenvalue weighted by Crippen LogP contribution is 2.28. The van der Waals surface area contributed by atoms with Crippen molar-refractivity contribution in [3.63, 3.8) is 0 Å². The number of ether oxygens (including phenoxy) is 2. The summed E-state index contributed by atoms with van der Waals surface area (Å²) in [6.45, 7) is 4.44. The van der Waals surface area contributed by atoms with E-state index in [1.54, 1.807) is 25.6 Å². The minimum atomic E-state index is -0.752. The average molecular weight is 273 g/mol. The SMILES string of the molecule is CCOc1cncc(C(O)c2ccc(C)c(OC)c2)c1. The van der Waals surface area contributed by atoms with Gasteiger partial charge >= 0.3 is 0 Å². The maximum atomic E-state index is 10.4. The van der Waals surface area contributed by atoms with Crippen LogP contribution < -0.4 is 9.47 Å². The molecule has 2 aromatic rings. The Balaban J connectivity index is 2.30. The van der Waals surface area contributed by atoms with Crippen LogP contribution in [0, 0.1) is 6.92 Å². The van der Waals surface area contributed by atoms with E-state index < -0.39 is 6.10 Å². The van der Waals surface area contributed by atoms with Crippen LogP contribution in [0.3, 0.4) is 0 Å². The number of hydrogen-bond acceptors (Lipinski definition) is 4. The van der Waals surface area contributed by atoms with Crippen molar-refractivity contribution < 1.29 is 14.6 Å². The van der Waals surface area contributed by atoms with Crippen LogP contribution in [-0.2, 0) is 0 Å². The second kappa shape index (κ2) is 6.39. The van der Waals surface area contributed by atoms with Crippen LogP contribution in [0.1, 0.15) is 29.7 Å². The average Bonchev–Trinajstić information content (AvgIpc) is 2.48. The molecule has 1 unspecified atom stereocenters. The van der Waals surface area contributed by atoms with E-state index in [4.69, 9.17) is 9.47 Å². The minimum absolute atomic E-state index is 0.569. The summed E-state index contributed by atoms with van der Waals surface area (Å²) in [5, 5.41) is 10.4. The molecule has 1 N–H and O–H groups in total. The van der Waals surface area contributed by atoms with Gasteiger partial charge in [-0.3, -0.25) is 4.98 Å². The zero-order valence-corrected chi connectivity index (χ0v) is 12.0. The monoisotopic (exact) mass is 273 g/mol. The Hall–Kier alpha value is -2.07. The van der Waals surface area contributed by atoms with Crippen LogP contribution in [0.5, 0.6) is 11.5 Å². The standard InChI is InChI=1S/C16H19NO3/c1-4-20-14-7-13(9-17-10-14)16(18)12-6-5-11(2)15(8-12)19-3/h5-10,16,18H,4H2,1-3H3.